The van der Waals surface area contributed by atoms with Crippen LogP contribution >= 0.6 is 0 Å². The summed E-state index contributed by atoms with van der Waals surface area (Å²) in [4.78, 5) is 1.23. The Labute approximate surface area is 213 Å². The average Bonchev–Trinajstić information content (AvgIpc) is 2.80. The average molecular weight is 552 g/mol. The number of nitrogens with one attached hydrogen (secondary N) is 3. The van der Waals surface area contributed by atoms with Crippen LogP contribution in [0.1, 0.15) is 24.8 Å². The summed E-state index contributed by atoms with van der Waals surface area (Å²) in [6.07, 6.45) is -10.9. The molecule has 2 aliphatic heterocycles. The van der Waals surface area contributed by atoms with Crippen molar-refractivity contribution in [3.63, 3.8) is 0 Å². The Morgan fingerprint density at radius 1 is 1.13 bits per heavy atom. The molecule has 0 amide bonds. The minimum Gasteiger partial charge on any atom is -0.473 e. The Kier molecular flexibility index (Phi) is 7.98. The molecular weight excluding hydrogens is 525 g/mol. The van der Waals surface area contributed by atoms with Crippen LogP contribution in [0.3, 0.4) is 0 Å². The van der Waals surface area contributed by atoms with Crippen molar-refractivity contribution in [1.29, 1.82) is 0 Å². The summed E-state index contributed by atoms with van der Waals surface area (Å²) >= 11 is 0. The summed E-state index contributed by atoms with van der Waals surface area (Å²) < 4.78 is 104. The molecule has 2 heterocycles. The largest absolute Gasteiger partial charge is 0.573 e. The van der Waals surface area contributed by atoms with Crippen molar-refractivity contribution < 1.29 is 45.3 Å². The summed E-state index contributed by atoms with van der Waals surface area (Å²) in [5.41, 5.74) is -2.50. The lowest BCUT2D eigenvalue weighted by atomic mass is 9.77. The lowest BCUT2D eigenvalue weighted by Crippen LogP contribution is -2.64. The van der Waals surface area contributed by atoms with Gasteiger partial charge in [0.1, 0.15) is 22.9 Å². The van der Waals surface area contributed by atoms with E-state index in [0.29, 0.717) is 25.5 Å². The molecule has 210 valence electrons. The van der Waals surface area contributed by atoms with Gasteiger partial charge < -0.3 is 19.9 Å². The highest BCUT2D eigenvalue weighted by Gasteiger charge is 2.64. The van der Waals surface area contributed by atoms with Gasteiger partial charge in [0.25, 0.3) is 0 Å². The number of anilines is 1. The molecule has 4 N–H and O–H groups in total. The second kappa shape index (κ2) is 10.8. The van der Waals surface area contributed by atoms with Crippen molar-refractivity contribution in [2.45, 2.75) is 56.0 Å². The van der Waals surface area contributed by atoms with E-state index < -0.39 is 48.3 Å². The second-order valence-electron chi connectivity index (χ2n) is 9.17. The first-order valence-corrected chi connectivity index (χ1v) is 11.8. The molecule has 0 bridgehead atoms. The van der Waals surface area contributed by atoms with Crippen LogP contribution in [-0.2, 0) is 5.54 Å². The maximum Gasteiger partial charge on any atom is 0.573 e. The van der Waals surface area contributed by atoms with E-state index in [1.165, 1.54) is 30.1 Å². The number of likely N-dealkylation sites (tertiary alicyclic amines) is 1. The van der Waals surface area contributed by atoms with Crippen LogP contribution in [0.25, 0.3) is 0 Å². The van der Waals surface area contributed by atoms with Crippen LogP contribution in [-0.4, -0.2) is 61.3 Å². The van der Waals surface area contributed by atoms with Gasteiger partial charge >= 0.3 is 12.5 Å². The molecule has 0 saturated carbocycles. The van der Waals surface area contributed by atoms with E-state index in [9.17, 15) is 35.8 Å². The topological polar surface area (TPSA) is 78.0 Å². The zero-order chi connectivity index (χ0) is 27.7. The Bertz CT molecular complexity index is 1120. The number of alkyl halides is 6. The number of hydrogen-bond donors (Lipinski definition) is 4. The number of ether oxygens (including phenoxy) is 2. The predicted molar refractivity (Wildman–Crippen MR) is 123 cm³/mol. The maximum atomic E-state index is 14.3. The van der Waals surface area contributed by atoms with Gasteiger partial charge in [-0.15, -0.1) is 13.2 Å². The van der Waals surface area contributed by atoms with Gasteiger partial charge in [0, 0.05) is 18.2 Å². The third-order valence-electron chi connectivity index (χ3n) is 6.76. The molecule has 4 atom stereocenters. The summed E-state index contributed by atoms with van der Waals surface area (Å²) in [5, 5.41) is 18.7. The van der Waals surface area contributed by atoms with E-state index in [0.717, 1.165) is 12.1 Å². The van der Waals surface area contributed by atoms with E-state index in [1.807, 2.05) is 0 Å². The zero-order valence-corrected chi connectivity index (χ0v) is 20.2. The number of aliphatic hydroxyl groups excluding tert-OH is 1. The van der Waals surface area contributed by atoms with Gasteiger partial charge in [0.05, 0.1) is 11.7 Å². The Morgan fingerprint density at radius 2 is 1.87 bits per heavy atom. The molecule has 0 spiro atoms. The van der Waals surface area contributed by atoms with E-state index in [1.54, 1.807) is 6.07 Å². The normalized spacial score (nSPS) is 25.4. The fourth-order valence-electron chi connectivity index (χ4n) is 4.81. The summed E-state index contributed by atoms with van der Waals surface area (Å²) in [5.74, 6) is -1.82. The molecule has 0 aromatic heterocycles. The molecule has 0 aliphatic carbocycles. The third-order valence-corrected chi connectivity index (χ3v) is 6.76. The van der Waals surface area contributed by atoms with Gasteiger partial charge in [-0.1, -0.05) is 18.2 Å². The van der Waals surface area contributed by atoms with Crippen LogP contribution in [0.5, 0.6) is 11.5 Å². The first kappa shape index (κ1) is 28.2. The quantitative estimate of drug-likeness (QED) is 0.288. The van der Waals surface area contributed by atoms with E-state index in [4.69, 9.17) is 4.74 Å². The first-order valence-electron chi connectivity index (χ1n) is 11.8. The molecule has 14 heteroatoms. The number of para-hydroxylation sites is 1. The highest BCUT2D eigenvalue weighted by Crippen LogP contribution is 2.53. The molecular formula is C24H27F7N4O3. The standard InChI is InChI=1S/C24H27F7N4O3/c1-35-12-10-22(35,23(26,27)28)15-5-2-3-7-19(15)37-20-18(6-4-11-32-20)34-21(36)33-17-9-8-14(13-16(17)25)38-24(29,30)31/h2-3,5,7-9,13,18,20-21,32-34,36H,4,6,10-12H2,1H3/t18?,20?,21?,22-/m1/s1. The molecule has 38 heavy (non-hydrogen) atoms. The molecule has 4 rings (SSSR count). The molecule has 2 aromatic carbocycles. The van der Waals surface area contributed by atoms with Gasteiger partial charge in [0.2, 0.25) is 0 Å². The lowest BCUT2D eigenvalue weighted by Gasteiger charge is -2.52. The zero-order valence-electron chi connectivity index (χ0n) is 20.2. The lowest BCUT2D eigenvalue weighted by molar-refractivity contribution is -0.274. The van der Waals surface area contributed by atoms with Gasteiger partial charge in [-0.25, -0.2) is 4.39 Å². The Hall–Kier alpha value is -2.81. The number of halogens is 7. The third kappa shape index (κ3) is 5.92. The highest BCUT2D eigenvalue weighted by molar-refractivity contribution is 5.48. The summed E-state index contributed by atoms with van der Waals surface area (Å²) in [6, 6.07) is 7.67. The first-order chi connectivity index (χ1) is 17.8. The molecule has 3 unspecified atom stereocenters. The number of benzene rings is 2. The Balaban J connectivity index is 1.47. The van der Waals surface area contributed by atoms with Crippen LogP contribution in [0.4, 0.5) is 36.4 Å². The second-order valence-corrected chi connectivity index (χ2v) is 9.17. The molecule has 2 aromatic rings. The fraction of sp³-hybridized carbons (Fsp3) is 0.500. The van der Waals surface area contributed by atoms with Crippen molar-refractivity contribution in [3.8, 4) is 11.5 Å². The number of aliphatic hydroxyl groups is 1. The van der Waals surface area contributed by atoms with Crippen molar-refractivity contribution in [2.24, 2.45) is 0 Å². The van der Waals surface area contributed by atoms with E-state index >= 15 is 0 Å². The van der Waals surface area contributed by atoms with Crippen molar-refractivity contribution >= 4 is 5.69 Å². The minimum absolute atomic E-state index is 0.0192. The molecule has 2 aliphatic rings. The molecule has 7 nitrogen and oxygen atoms in total. The van der Waals surface area contributed by atoms with Gasteiger partial charge in [-0.05, 0) is 51.1 Å². The minimum atomic E-state index is -4.99. The molecule has 2 fully saturated rings. The van der Waals surface area contributed by atoms with Gasteiger partial charge in [0.15, 0.2) is 12.6 Å². The van der Waals surface area contributed by atoms with Crippen molar-refractivity contribution in [2.75, 3.05) is 25.5 Å². The SMILES string of the molecule is CN1CC[C@@]1(c1ccccc1OC1NCCCC1NC(O)Nc1ccc(OC(F)(F)F)cc1F)C(F)(F)F. The van der Waals surface area contributed by atoms with Crippen LogP contribution < -0.4 is 25.4 Å². The number of rotatable bonds is 8. The van der Waals surface area contributed by atoms with Gasteiger partial charge in [-0.3, -0.25) is 15.5 Å². The summed E-state index contributed by atoms with van der Waals surface area (Å²) in [6.45, 7) is 0.783. The smallest absolute Gasteiger partial charge is 0.473 e. The number of piperidine rings is 1. The van der Waals surface area contributed by atoms with Crippen molar-refractivity contribution in [3.05, 3.63) is 53.8 Å². The fourth-order valence-corrected chi connectivity index (χ4v) is 4.81. The predicted octanol–water partition coefficient (Wildman–Crippen LogP) is 4.25. The van der Waals surface area contributed by atoms with Crippen LogP contribution in [0.2, 0.25) is 0 Å². The maximum absolute atomic E-state index is 14.3. The molecule has 0 radical (unpaired) electrons. The monoisotopic (exact) mass is 552 g/mol. The van der Waals surface area contributed by atoms with Crippen LogP contribution in [0, 0.1) is 5.82 Å². The van der Waals surface area contributed by atoms with E-state index in [2.05, 4.69) is 20.7 Å². The van der Waals surface area contributed by atoms with Gasteiger partial charge in [-0.2, -0.15) is 13.2 Å². The number of nitrogens with zero attached hydrogens (tertiary/aromatic N) is 1. The van der Waals surface area contributed by atoms with Crippen LogP contribution in [0.15, 0.2) is 42.5 Å². The van der Waals surface area contributed by atoms with E-state index in [-0.39, 0.29) is 30.0 Å². The Morgan fingerprint density at radius 3 is 2.47 bits per heavy atom. The number of hydrogen-bond acceptors (Lipinski definition) is 7. The highest BCUT2D eigenvalue weighted by atomic mass is 19.4. The van der Waals surface area contributed by atoms with Crippen molar-refractivity contribution in [1.82, 2.24) is 15.5 Å². The molecule has 2 saturated heterocycles. The summed E-state index contributed by atoms with van der Waals surface area (Å²) in [7, 11) is 1.40.